The predicted octanol–water partition coefficient (Wildman–Crippen LogP) is 4.40. The van der Waals surface area contributed by atoms with Crippen molar-refractivity contribution in [2.45, 2.75) is 38.6 Å². The number of esters is 1. The van der Waals surface area contributed by atoms with Crippen LogP contribution in [0.1, 0.15) is 37.7 Å². The van der Waals surface area contributed by atoms with E-state index in [9.17, 15) is 4.79 Å². The van der Waals surface area contributed by atoms with E-state index in [1.54, 1.807) is 0 Å². The molecular formula is C24H29NO3. The number of hydrogen-bond acceptors (Lipinski definition) is 4. The van der Waals surface area contributed by atoms with Gasteiger partial charge in [0.25, 0.3) is 0 Å². The first-order valence-corrected chi connectivity index (χ1v) is 10.8. The van der Waals surface area contributed by atoms with Gasteiger partial charge in [0.1, 0.15) is 5.75 Å². The van der Waals surface area contributed by atoms with Crippen molar-refractivity contribution in [2.24, 2.45) is 17.8 Å². The maximum atomic E-state index is 12.8. The molecule has 0 spiro atoms. The zero-order chi connectivity index (χ0) is 18.9. The van der Waals surface area contributed by atoms with E-state index in [-0.39, 0.29) is 5.97 Å². The Hall–Kier alpha value is -1.91. The molecule has 148 valence electrons. The summed E-state index contributed by atoms with van der Waals surface area (Å²) in [5.74, 6) is 2.83. The van der Waals surface area contributed by atoms with Crippen molar-refractivity contribution in [1.82, 2.24) is 4.90 Å². The molecule has 0 aromatic heterocycles. The number of carbonyl (C=O) groups excluding carboxylic acids is 1. The van der Waals surface area contributed by atoms with Crippen molar-refractivity contribution in [3.8, 4) is 5.75 Å². The first-order chi connectivity index (χ1) is 13.8. The second-order valence-corrected chi connectivity index (χ2v) is 8.77. The van der Waals surface area contributed by atoms with E-state index in [0.29, 0.717) is 12.3 Å². The highest BCUT2D eigenvalue weighted by Gasteiger charge is 2.40. The monoisotopic (exact) mass is 379 g/mol. The van der Waals surface area contributed by atoms with E-state index in [1.807, 2.05) is 6.07 Å². The van der Waals surface area contributed by atoms with Gasteiger partial charge in [-0.05, 0) is 53.9 Å². The normalized spacial score (nSPS) is 27.4. The second kappa shape index (κ2) is 7.84. The Morgan fingerprint density at radius 3 is 2.71 bits per heavy atom. The third-order valence-corrected chi connectivity index (χ3v) is 7.02. The number of morpholine rings is 1. The molecule has 1 heterocycles. The SMILES string of the molecule is O=C(C[C@@H]1C[C@H]2CC[C@@H]1C2)Oc1ccc2ccccc2c1CN1CCOCC1. The minimum absolute atomic E-state index is 0.0592. The van der Waals surface area contributed by atoms with Gasteiger partial charge in [0.05, 0.1) is 13.2 Å². The summed E-state index contributed by atoms with van der Waals surface area (Å²) in [4.78, 5) is 15.2. The molecule has 1 aliphatic heterocycles. The smallest absolute Gasteiger partial charge is 0.311 e. The fourth-order valence-corrected chi connectivity index (χ4v) is 5.56. The number of ether oxygens (including phenoxy) is 2. The summed E-state index contributed by atoms with van der Waals surface area (Å²) in [6, 6.07) is 12.4. The van der Waals surface area contributed by atoms with Crippen LogP contribution in [0, 0.1) is 17.8 Å². The number of carbonyl (C=O) groups is 1. The summed E-state index contributed by atoms with van der Waals surface area (Å²) in [7, 11) is 0. The first kappa shape index (κ1) is 18.1. The summed E-state index contributed by atoms with van der Waals surface area (Å²) in [6.07, 6.45) is 5.80. The van der Waals surface area contributed by atoms with Crippen LogP contribution >= 0.6 is 0 Å². The molecule has 2 aliphatic carbocycles. The summed E-state index contributed by atoms with van der Waals surface area (Å²) >= 11 is 0. The van der Waals surface area contributed by atoms with Gasteiger partial charge in [-0.1, -0.05) is 36.8 Å². The van der Waals surface area contributed by atoms with E-state index in [2.05, 4.69) is 35.2 Å². The summed E-state index contributed by atoms with van der Waals surface area (Å²) in [6.45, 7) is 4.17. The molecule has 2 bridgehead atoms. The second-order valence-electron chi connectivity index (χ2n) is 8.77. The average Bonchev–Trinajstić information content (AvgIpc) is 3.34. The highest BCUT2D eigenvalue weighted by molar-refractivity contribution is 5.88. The van der Waals surface area contributed by atoms with Crippen LogP contribution in [0.15, 0.2) is 36.4 Å². The van der Waals surface area contributed by atoms with Gasteiger partial charge in [-0.25, -0.2) is 0 Å². The molecule has 4 nitrogen and oxygen atoms in total. The Balaban J connectivity index is 1.36. The van der Waals surface area contributed by atoms with Crippen molar-refractivity contribution in [2.75, 3.05) is 26.3 Å². The maximum Gasteiger partial charge on any atom is 0.311 e. The molecule has 3 aliphatic rings. The number of hydrogen-bond donors (Lipinski definition) is 0. The standard InChI is InChI=1S/C24H29NO3/c26-24(15-20-14-17-5-6-19(20)13-17)28-23-8-7-18-3-1-2-4-21(18)22(23)16-25-9-11-27-12-10-25/h1-4,7-8,17,19-20H,5-6,9-16H2/t17-,19+,20-/m0/s1. The van der Waals surface area contributed by atoms with Crippen molar-refractivity contribution in [3.05, 3.63) is 42.0 Å². The molecule has 28 heavy (non-hydrogen) atoms. The molecule has 0 unspecified atom stereocenters. The van der Waals surface area contributed by atoms with Gasteiger partial charge in [-0.15, -0.1) is 0 Å². The molecule has 4 heteroatoms. The minimum Gasteiger partial charge on any atom is -0.426 e. The van der Waals surface area contributed by atoms with Crippen LogP contribution in [0.4, 0.5) is 0 Å². The fourth-order valence-electron chi connectivity index (χ4n) is 5.56. The lowest BCUT2D eigenvalue weighted by molar-refractivity contribution is -0.135. The van der Waals surface area contributed by atoms with Gasteiger partial charge in [-0.2, -0.15) is 0 Å². The lowest BCUT2D eigenvalue weighted by atomic mass is 9.86. The summed E-state index contributed by atoms with van der Waals surface area (Å²) in [5, 5.41) is 2.37. The average molecular weight is 380 g/mol. The molecule has 1 saturated heterocycles. The molecule has 5 rings (SSSR count). The molecule has 0 amide bonds. The zero-order valence-corrected chi connectivity index (χ0v) is 16.4. The quantitative estimate of drug-likeness (QED) is 0.570. The molecule has 3 fully saturated rings. The van der Waals surface area contributed by atoms with Gasteiger partial charge in [0, 0.05) is 31.6 Å². The molecule has 2 saturated carbocycles. The Kier molecular flexibility index (Phi) is 5.08. The number of benzene rings is 2. The Morgan fingerprint density at radius 2 is 1.93 bits per heavy atom. The van der Waals surface area contributed by atoms with Crippen LogP contribution in [0.3, 0.4) is 0 Å². The van der Waals surface area contributed by atoms with Crippen LogP contribution in [-0.4, -0.2) is 37.2 Å². The number of fused-ring (bicyclic) bond motifs is 3. The van der Waals surface area contributed by atoms with Crippen LogP contribution in [0.25, 0.3) is 10.8 Å². The Labute approximate surface area is 166 Å². The van der Waals surface area contributed by atoms with Gasteiger partial charge >= 0.3 is 5.97 Å². The maximum absolute atomic E-state index is 12.8. The Bertz CT molecular complexity index is 858. The highest BCUT2D eigenvalue weighted by Crippen LogP contribution is 2.49. The van der Waals surface area contributed by atoms with E-state index in [1.165, 1.54) is 36.5 Å². The van der Waals surface area contributed by atoms with Crippen LogP contribution < -0.4 is 4.74 Å². The largest absolute Gasteiger partial charge is 0.426 e. The van der Waals surface area contributed by atoms with Crippen LogP contribution in [0.5, 0.6) is 5.75 Å². The predicted molar refractivity (Wildman–Crippen MR) is 109 cm³/mol. The van der Waals surface area contributed by atoms with E-state index in [0.717, 1.165) is 56.0 Å². The van der Waals surface area contributed by atoms with Crippen molar-refractivity contribution in [3.63, 3.8) is 0 Å². The van der Waals surface area contributed by atoms with Gasteiger partial charge in [0.2, 0.25) is 0 Å². The lowest BCUT2D eigenvalue weighted by Crippen LogP contribution is -2.35. The molecule has 0 radical (unpaired) electrons. The van der Waals surface area contributed by atoms with Gasteiger partial charge in [-0.3, -0.25) is 9.69 Å². The Morgan fingerprint density at radius 1 is 1.07 bits per heavy atom. The third-order valence-electron chi connectivity index (χ3n) is 7.02. The number of nitrogens with zero attached hydrogens (tertiary/aromatic N) is 1. The van der Waals surface area contributed by atoms with E-state index < -0.39 is 0 Å². The van der Waals surface area contributed by atoms with E-state index >= 15 is 0 Å². The highest BCUT2D eigenvalue weighted by atomic mass is 16.5. The fraction of sp³-hybridized carbons (Fsp3) is 0.542. The topological polar surface area (TPSA) is 38.8 Å². The van der Waals surface area contributed by atoms with Gasteiger partial charge in [0.15, 0.2) is 0 Å². The molecule has 2 aromatic carbocycles. The van der Waals surface area contributed by atoms with Crippen LogP contribution in [0.2, 0.25) is 0 Å². The van der Waals surface area contributed by atoms with Crippen molar-refractivity contribution < 1.29 is 14.3 Å². The lowest BCUT2D eigenvalue weighted by Gasteiger charge is -2.28. The number of rotatable bonds is 5. The van der Waals surface area contributed by atoms with Crippen LogP contribution in [-0.2, 0) is 16.1 Å². The summed E-state index contributed by atoms with van der Waals surface area (Å²) < 4.78 is 11.5. The van der Waals surface area contributed by atoms with Crippen molar-refractivity contribution in [1.29, 1.82) is 0 Å². The first-order valence-electron chi connectivity index (χ1n) is 10.8. The van der Waals surface area contributed by atoms with Gasteiger partial charge < -0.3 is 9.47 Å². The molecule has 2 aromatic rings. The summed E-state index contributed by atoms with van der Waals surface area (Å²) in [5.41, 5.74) is 1.13. The zero-order valence-electron chi connectivity index (χ0n) is 16.4. The minimum atomic E-state index is -0.0592. The third kappa shape index (κ3) is 3.68. The molecule has 3 atom stereocenters. The van der Waals surface area contributed by atoms with E-state index in [4.69, 9.17) is 9.47 Å². The van der Waals surface area contributed by atoms with Crippen molar-refractivity contribution >= 4 is 16.7 Å². The molecular weight excluding hydrogens is 350 g/mol. The molecule has 0 N–H and O–H groups in total.